The molecule has 2 nitrogen and oxygen atoms in total. The lowest BCUT2D eigenvalue weighted by molar-refractivity contribution is 0.0978. The maximum absolute atomic E-state index is 12.4. The van der Waals surface area contributed by atoms with Crippen LogP contribution in [0.1, 0.15) is 62.0 Å². The molecule has 1 aromatic carbocycles. The Morgan fingerprint density at radius 2 is 1.95 bits per heavy atom. The summed E-state index contributed by atoms with van der Waals surface area (Å²) in [5, 5.41) is 0. The molecule has 1 rings (SSSR count). The average molecular weight is 297 g/mol. The Labute approximate surface area is 127 Å². The first-order valence-corrected chi connectivity index (χ1v) is 7.71. The highest BCUT2D eigenvalue weighted by atomic mass is 35.5. The molecule has 0 N–H and O–H groups in total. The van der Waals surface area contributed by atoms with Crippen LogP contribution in [0.15, 0.2) is 12.1 Å². The average Bonchev–Trinajstić information content (AvgIpc) is 2.36. The summed E-state index contributed by atoms with van der Waals surface area (Å²) < 4.78 is 5.80. The van der Waals surface area contributed by atoms with Crippen LogP contribution >= 0.6 is 11.6 Å². The van der Waals surface area contributed by atoms with E-state index in [1.807, 2.05) is 19.9 Å². The number of hydrogen-bond acceptors (Lipinski definition) is 2. The molecule has 20 heavy (non-hydrogen) atoms. The van der Waals surface area contributed by atoms with Gasteiger partial charge in [0.25, 0.3) is 0 Å². The third kappa shape index (κ3) is 4.24. The van der Waals surface area contributed by atoms with Crippen molar-refractivity contribution in [1.29, 1.82) is 0 Å². The number of ketones is 1. The van der Waals surface area contributed by atoms with E-state index in [-0.39, 0.29) is 11.2 Å². The summed E-state index contributed by atoms with van der Waals surface area (Å²) in [5.74, 6) is 1.36. The first kappa shape index (κ1) is 17.0. The van der Waals surface area contributed by atoms with E-state index in [0.717, 1.165) is 16.9 Å². The SMILES string of the molecule is CCOc1c(C(=O)CCCCl)cc(C)cc1C(C)(C)C. The van der Waals surface area contributed by atoms with Crippen molar-refractivity contribution < 1.29 is 9.53 Å². The number of carbonyl (C=O) groups excluding carboxylic acids is 1. The Morgan fingerprint density at radius 3 is 2.45 bits per heavy atom. The van der Waals surface area contributed by atoms with Crippen molar-refractivity contribution in [3.8, 4) is 5.75 Å². The fourth-order valence-corrected chi connectivity index (χ4v) is 2.33. The number of carbonyl (C=O) groups is 1. The molecule has 0 heterocycles. The third-order valence-electron chi connectivity index (χ3n) is 3.17. The van der Waals surface area contributed by atoms with Crippen LogP contribution in [0.2, 0.25) is 0 Å². The van der Waals surface area contributed by atoms with Gasteiger partial charge in [0.05, 0.1) is 12.2 Å². The van der Waals surface area contributed by atoms with Gasteiger partial charge in [-0.2, -0.15) is 0 Å². The second-order valence-corrected chi connectivity index (χ2v) is 6.47. The van der Waals surface area contributed by atoms with E-state index >= 15 is 0 Å². The van der Waals surface area contributed by atoms with Crippen molar-refractivity contribution >= 4 is 17.4 Å². The molecule has 0 unspecified atom stereocenters. The van der Waals surface area contributed by atoms with Crippen LogP contribution in [-0.4, -0.2) is 18.3 Å². The van der Waals surface area contributed by atoms with E-state index in [1.54, 1.807) is 0 Å². The van der Waals surface area contributed by atoms with Crippen molar-refractivity contribution in [1.82, 2.24) is 0 Å². The number of rotatable bonds is 6. The Morgan fingerprint density at radius 1 is 1.30 bits per heavy atom. The predicted octanol–water partition coefficient (Wildman–Crippen LogP) is 4.89. The van der Waals surface area contributed by atoms with Gasteiger partial charge < -0.3 is 4.74 Å². The standard InChI is InChI=1S/C17H25ClO2/c1-6-20-16-13(15(19)8-7-9-18)10-12(2)11-14(16)17(3,4)5/h10-11H,6-9H2,1-5H3. The Hall–Kier alpha value is -1.02. The number of alkyl halides is 1. The number of halogens is 1. The molecular weight excluding hydrogens is 272 g/mol. The molecule has 1 aromatic rings. The molecule has 0 aliphatic rings. The van der Waals surface area contributed by atoms with Gasteiger partial charge in [-0.15, -0.1) is 11.6 Å². The quantitative estimate of drug-likeness (QED) is 0.552. The summed E-state index contributed by atoms with van der Waals surface area (Å²) in [5.41, 5.74) is 2.82. The van der Waals surface area contributed by atoms with Gasteiger partial charge in [-0.1, -0.05) is 26.8 Å². The van der Waals surface area contributed by atoms with Crippen LogP contribution in [0.4, 0.5) is 0 Å². The predicted molar refractivity (Wildman–Crippen MR) is 85.3 cm³/mol. The van der Waals surface area contributed by atoms with Gasteiger partial charge in [0.15, 0.2) is 5.78 Å². The number of hydrogen-bond donors (Lipinski definition) is 0. The molecule has 0 atom stereocenters. The molecule has 0 aromatic heterocycles. The smallest absolute Gasteiger partial charge is 0.166 e. The molecule has 112 valence electrons. The summed E-state index contributed by atoms with van der Waals surface area (Å²) in [6, 6.07) is 4.04. The monoisotopic (exact) mass is 296 g/mol. The molecule has 0 aliphatic carbocycles. The highest BCUT2D eigenvalue weighted by Gasteiger charge is 2.24. The fourth-order valence-electron chi connectivity index (χ4n) is 2.20. The Kier molecular flexibility index (Phi) is 6.07. The molecule has 0 saturated heterocycles. The maximum atomic E-state index is 12.4. The molecule has 0 spiro atoms. The summed E-state index contributed by atoms with van der Waals surface area (Å²) in [6.45, 7) is 10.9. The van der Waals surface area contributed by atoms with Gasteiger partial charge >= 0.3 is 0 Å². The van der Waals surface area contributed by atoms with Gasteiger partial charge in [0.1, 0.15) is 5.75 Å². The van der Waals surface area contributed by atoms with Crippen LogP contribution in [0.25, 0.3) is 0 Å². The fraction of sp³-hybridized carbons (Fsp3) is 0.588. The zero-order valence-corrected chi connectivity index (χ0v) is 13.9. The minimum absolute atomic E-state index is 0.0575. The minimum Gasteiger partial charge on any atom is -0.493 e. The molecule has 0 saturated carbocycles. The van der Waals surface area contributed by atoms with Gasteiger partial charge in [-0.25, -0.2) is 0 Å². The van der Waals surface area contributed by atoms with Crippen LogP contribution in [0.3, 0.4) is 0 Å². The lowest BCUT2D eigenvalue weighted by Crippen LogP contribution is -2.17. The normalized spacial score (nSPS) is 11.5. The summed E-state index contributed by atoms with van der Waals surface area (Å²) >= 11 is 5.69. The lowest BCUT2D eigenvalue weighted by atomic mass is 9.83. The molecule has 0 fully saturated rings. The molecule has 0 amide bonds. The molecule has 0 radical (unpaired) electrons. The van der Waals surface area contributed by atoms with Crippen molar-refractivity contribution in [2.24, 2.45) is 0 Å². The zero-order chi connectivity index (χ0) is 15.3. The largest absolute Gasteiger partial charge is 0.493 e. The summed E-state index contributed by atoms with van der Waals surface area (Å²) in [4.78, 5) is 12.4. The van der Waals surface area contributed by atoms with E-state index in [2.05, 4.69) is 26.8 Å². The Bertz CT molecular complexity index is 473. The molecule has 0 bridgehead atoms. The Balaban J connectivity index is 3.34. The molecule has 0 aliphatic heterocycles. The molecule has 3 heteroatoms. The highest BCUT2D eigenvalue weighted by molar-refractivity contribution is 6.18. The number of Topliss-reactive ketones (excluding diaryl/α,β-unsaturated/α-hetero) is 1. The number of benzene rings is 1. The highest BCUT2D eigenvalue weighted by Crippen LogP contribution is 2.36. The van der Waals surface area contributed by atoms with Gasteiger partial charge in [0.2, 0.25) is 0 Å². The second-order valence-electron chi connectivity index (χ2n) is 6.09. The van der Waals surface area contributed by atoms with Crippen LogP contribution < -0.4 is 4.74 Å². The van der Waals surface area contributed by atoms with Crippen LogP contribution in [0.5, 0.6) is 5.75 Å². The summed E-state index contributed by atoms with van der Waals surface area (Å²) in [6.07, 6.45) is 1.17. The first-order valence-electron chi connectivity index (χ1n) is 7.18. The van der Waals surface area contributed by atoms with E-state index in [1.165, 1.54) is 0 Å². The molecular formula is C17H25ClO2. The number of ether oxygens (including phenoxy) is 1. The van der Waals surface area contributed by atoms with Gasteiger partial charge in [-0.05, 0) is 37.3 Å². The maximum Gasteiger partial charge on any atom is 0.166 e. The van der Waals surface area contributed by atoms with Crippen molar-refractivity contribution in [2.45, 2.75) is 52.9 Å². The van der Waals surface area contributed by atoms with E-state index < -0.39 is 0 Å². The van der Waals surface area contributed by atoms with Crippen molar-refractivity contribution in [3.05, 3.63) is 28.8 Å². The second kappa shape index (κ2) is 7.12. The van der Waals surface area contributed by atoms with E-state index in [4.69, 9.17) is 16.3 Å². The third-order valence-corrected chi connectivity index (χ3v) is 3.44. The van der Waals surface area contributed by atoms with Gasteiger partial charge in [0, 0.05) is 17.9 Å². The van der Waals surface area contributed by atoms with E-state index in [9.17, 15) is 4.79 Å². The minimum atomic E-state index is -0.0575. The van der Waals surface area contributed by atoms with Crippen LogP contribution in [-0.2, 0) is 5.41 Å². The number of aryl methyl sites for hydroxylation is 1. The topological polar surface area (TPSA) is 26.3 Å². The lowest BCUT2D eigenvalue weighted by Gasteiger charge is -2.25. The summed E-state index contributed by atoms with van der Waals surface area (Å²) in [7, 11) is 0. The van der Waals surface area contributed by atoms with Crippen LogP contribution in [0, 0.1) is 6.92 Å². The van der Waals surface area contributed by atoms with E-state index in [0.29, 0.717) is 30.9 Å². The zero-order valence-electron chi connectivity index (χ0n) is 13.2. The van der Waals surface area contributed by atoms with Crippen molar-refractivity contribution in [3.63, 3.8) is 0 Å². The first-order chi connectivity index (χ1) is 9.31. The van der Waals surface area contributed by atoms with Crippen molar-refractivity contribution in [2.75, 3.05) is 12.5 Å². The van der Waals surface area contributed by atoms with Gasteiger partial charge in [-0.3, -0.25) is 4.79 Å².